The van der Waals surface area contributed by atoms with Gasteiger partial charge in [0.15, 0.2) is 0 Å². The quantitative estimate of drug-likeness (QED) is 0.846. The van der Waals surface area contributed by atoms with Crippen LogP contribution < -0.4 is 5.32 Å². The number of methoxy groups -OCH3 is 1. The van der Waals surface area contributed by atoms with Crippen LogP contribution in [0.5, 0.6) is 0 Å². The highest BCUT2D eigenvalue weighted by atomic mass is 79.9. The molecule has 2 atom stereocenters. The summed E-state index contributed by atoms with van der Waals surface area (Å²) in [6.07, 6.45) is 0.776. The summed E-state index contributed by atoms with van der Waals surface area (Å²) in [6, 6.07) is 6.39. The van der Waals surface area contributed by atoms with E-state index in [-0.39, 0.29) is 11.8 Å². The second-order valence-electron chi connectivity index (χ2n) is 4.37. The van der Waals surface area contributed by atoms with Crippen molar-refractivity contribution in [3.05, 3.63) is 34.3 Å². The number of nitrogens with one attached hydrogen (secondary N) is 1. The fourth-order valence-electron chi connectivity index (χ4n) is 1.65. The van der Waals surface area contributed by atoms with E-state index in [0.717, 1.165) is 10.9 Å². The number of hydrogen-bond acceptors (Lipinski definition) is 3. The van der Waals surface area contributed by atoms with Crippen molar-refractivity contribution in [3.8, 4) is 0 Å². The van der Waals surface area contributed by atoms with Crippen molar-refractivity contribution in [1.82, 2.24) is 5.32 Å². The molecule has 1 amide bonds. The van der Waals surface area contributed by atoms with Gasteiger partial charge in [0.05, 0.1) is 7.11 Å². The largest absolute Gasteiger partial charge is 0.467 e. The monoisotopic (exact) mass is 327 g/mol. The molecule has 0 aliphatic rings. The summed E-state index contributed by atoms with van der Waals surface area (Å²) in [7, 11) is 1.32. The van der Waals surface area contributed by atoms with E-state index < -0.39 is 12.0 Å². The van der Waals surface area contributed by atoms with Gasteiger partial charge in [-0.15, -0.1) is 0 Å². The molecule has 4 nitrogen and oxygen atoms in total. The molecule has 1 rings (SSSR count). The van der Waals surface area contributed by atoms with Gasteiger partial charge in [0, 0.05) is 10.0 Å². The third-order valence-electron chi connectivity index (χ3n) is 3.04. The molecule has 0 bridgehead atoms. The first kappa shape index (κ1) is 15.7. The summed E-state index contributed by atoms with van der Waals surface area (Å²) in [4.78, 5) is 23.8. The van der Waals surface area contributed by atoms with Crippen LogP contribution in [-0.2, 0) is 9.53 Å². The van der Waals surface area contributed by atoms with E-state index in [1.54, 1.807) is 18.2 Å². The van der Waals surface area contributed by atoms with Gasteiger partial charge in [-0.25, -0.2) is 4.79 Å². The highest BCUT2D eigenvalue weighted by Crippen LogP contribution is 2.14. The Morgan fingerprint density at radius 1 is 1.42 bits per heavy atom. The number of amides is 1. The second-order valence-corrected chi connectivity index (χ2v) is 5.29. The highest BCUT2D eigenvalue weighted by molar-refractivity contribution is 9.10. The van der Waals surface area contributed by atoms with E-state index >= 15 is 0 Å². The van der Waals surface area contributed by atoms with E-state index in [9.17, 15) is 9.59 Å². The fraction of sp³-hybridized carbons (Fsp3) is 0.429. The number of carbonyl (C=O) groups is 2. The Labute approximate surface area is 121 Å². The Balaban J connectivity index is 2.84. The average Bonchev–Trinajstić information content (AvgIpc) is 2.42. The molecular weight excluding hydrogens is 310 g/mol. The van der Waals surface area contributed by atoms with Crippen molar-refractivity contribution in [3.63, 3.8) is 0 Å². The molecule has 5 heteroatoms. The third-order valence-corrected chi connectivity index (χ3v) is 3.53. The van der Waals surface area contributed by atoms with Gasteiger partial charge in [0.2, 0.25) is 0 Å². The summed E-state index contributed by atoms with van der Waals surface area (Å²) in [6.45, 7) is 3.87. The van der Waals surface area contributed by atoms with Crippen LogP contribution >= 0.6 is 15.9 Å². The van der Waals surface area contributed by atoms with Crippen molar-refractivity contribution < 1.29 is 14.3 Å². The van der Waals surface area contributed by atoms with E-state index in [0.29, 0.717) is 5.56 Å². The zero-order valence-corrected chi connectivity index (χ0v) is 12.9. The summed E-state index contributed by atoms with van der Waals surface area (Å²) < 4.78 is 5.55. The molecule has 0 heterocycles. The van der Waals surface area contributed by atoms with Gasteiger partial charge >= 0.3 is 5.97 Å². The minimum Gasteiger partial charge on any atom is -0.467 e. The molecule has 0 spiro atoms. The Kier molecular flexibility index (Phi) is 6.02. The van der Waals surface area contributed by atoms with Gasteiger partial charge in [-0.3, -0.25) is 4.79 Å². The lowest BCUT2D eigenvalue weighted by Crippen LogP contribution is -2.45. The van der Waals surface area contributed by atoms with Gasteiger partial charge in [0.25, 0.3) is 5.91 Å². The molecule has 0 aromatic heterocycles. The first-order valence-corrected chi connectivity index (χ1v) is 6.93. The normalized spacial score (nSPS) is 13.5. The van der Waals surface area contributed by atoms with Crippen molar-refractivity contribution in [1.29, 1.82) is 0 Å². The fourth-order valence-corrected chi connectivity index (χ4v) is 2.05. The molecule has 0 aliphatic heterocycles. The Morgan fingerprint density at radius 3 is 2.63 bits per heavy atom. The zero-order valence-electron chi connectivity index (χ0n) is 11.3. The van der Waals surface area contributed by atoms with Gasteiger partial charge in [-0.1, -0.05) is 42.3 Å². The zero-order chi connectivity index (χ0) is 14.4. The Bertz CT molecular complexity index is 462. The number of ether oxygens (including phenoxy) is 1. The van der Waals surface area contributed by atoms with E-state index in [1.807, 2.05) is 19.9 Å². The van der Waals surface area contributed by atoms with Crippen LogP contribution in [0.1, 0.15) is 30.6 Å². The molecule has 0 saturated heterocycles. The lowest BCUT2D eigenvalue weighted by Gasteiger charge is -2.21. The summed E-state index contributed by atoms with van der Waals surface area (Å²) in [5, 5.41) is 2.73. The Hall–Kier alpha value is -1.36. The molecule has 0 unspecified atom stereocenters. The summed E-state index contributed by atoms with van der Waals surface area (Å²) >= 11 is 3.31. The smallest absolute Gasteiger partial charge is 0.328 e. The van der Waals surface area contributed by atoms with Crippen LogP contribution in [0, 0.1) is 5.92 Å². The van der Waals surface area contributed by atoms with Crippen LogP contribution in [0.15, 0.2) is 28.7 Å². The van der Waals surface area contributed by atoms with Gasteiger partial charge in [-0.2, -0.15) is 0 Å². The van der Waals surface area contributed by atoms with Crippen molar-refractivity contribution in [2.45, 2.75) is 26.3 Å². The maximum absolute atomic E-state index is 12.1. The SMILES string of the molecule is CC[C@H](C)[C@@H](NC(=O)c1cccc(Br)c1)C(=O)OC. The van der Waals surface area contributed by atoms with E-state index in [1.165, 1.54) is 7.11 Å². The minimum absolute atomic E-state index is 0.0172. The second kappa shape index (κ2) is 7.28. The van der Waals surface area contributed by atoms with E-state index in [2.05, 4.69) is 21.2 Å². The lowest BCUT2D eigenvalue weighted by atomic mass is 9.99. The average molecular weight is 328 g/mol. The molecule has 1 aromatic rings. The van der Waals surface area contributed by atoms with Crippen molar-refractivity contribution >= 4 is 27.8 Å². The summed E-state index contributed by atoms with van der Waals surface area (Å²) in [5.74, 6) is -0.682. The van der Waals surface area contributed by atoms with Crippen LogP contribution in [0.4, 0.5) is 0 Å². The molecule has 0 fully saturated rings. The number of hydrogen-bond donors (Lipinski definition) is 1. The molecule has 19 heavy (non-hydrogen) atoms. The van der Waals surface area contributed by atoms with Gasteiger partial charge in [-0.05, 0) is 24.1 Å². The predicted molar refractivity (Wildman–Crippen MR) is 76.9 cm³/mol. The van der Waals surface area contributed by atoms with Crippen molar-refractivity contribution in [2.75, 3.05) is 7.11 Å². The first-order valence-electron chi connectivity index (χ1n) is 6.13. The molecular formula is C14H18BrNO3. The molecule has 0 saturated carbocycles. The minimum atomic E-state index is -0.624. The number of benzene rings is 1. The van der Waals surface area contributed by atoms with Gasteiger partial charge in [0.1, 0.15) is 6.04 Å². The van der Waals surface area contributed by atoms with Crippen LogP contribution in [0.3, 0.4) is 0 Å². The number of halogens is 1. The van der Waals surface area contributed by atoms with Crippen LogP contribution in [0.25, 0.3) is 0 Å². The molecule has 1 aromatic carbocycles. The third kappa shape index (κ3) is 4.35. The molecule has 0 radical (unpaired) electrons. The molecule has 1 N–H and O–H groups in total. The number of esters is 1. The Morgan fingerprint density at radius 2 is 2.11 bits per heavy atom. The van der Waals surface area contributed by atoms with Crippen LogP contribution in [0.2, 0.25) is 0 Å². The maximum Gasteiger partial charge on any atom is 0.328 e. The lowest BCUT2D eigenvalue weighted by molar-refractivity contribution is -0.144. The molecule has 104 valence electrons. The number of rotatable bonds is 5. The predicted octanol–water partition coefficient (Wildman–Crippen LogP) is 2.77. The first-order chi connectivity index (χ1) is 8.99. The highest BCUT2D eigenvalue weighted by Gasteiger charge is 2.26. The van der Waals surface area contributed by atoms with Crippen LogP contribution in [-0.4, -0.2) is 25.0 Å². The molecule has 0 aliphatic carbocycles. The van der Waals surface area contributed by atoms with Gasteiger partial charge < -0.3 is 10.1 Å². The number of carbonyl (C=O) groups excluding carboxylic acids is 2. The maximum atomic E-state index is 12.1. The summed E-state index contributed by atoms with van der Waals surface area (Å²) in [5.41, 5.74) is 0.506. The van der Waals surface area contributed by atoms with Crippen molar-refractivity contribution in [2.24, 2.45) is 5.92 Å². The topological polar surface area (TPSA) is 55.4 Å². The standard InChI is InChI=1S/C14H18BrNO3/c1-4-9(2)12(14(18)19-3)16-13(17)10-6-5-7-11(15)8-10/h5-9,12H,4H2,1-3H3,(H,16,17)/t9-,12+/m0/s1. The van der Waals surface area contributed by atoms with E-state index in [4.69, 9.17) is 4.74 Å².